The molecule has 0 aliphatic carbocycles. The summed E-state index contributed by atoms with van der Waals surface area (Å²) in [6.45, 7) is 13.6. The lowest BCUT2D eigenvalue weighted by Crippen LogP contribution is -2.61. The Morgan fingerprint density at radius 3 is 0.870 bits per heavy atom. The first-order chi connectivity index (χ1) is 33.7. The van der Waals surface area contributed by atoms with Crippen LogP contribution in [0.1, 0.15) is 304 Å². The van der Waals surface area contributed by atoms with Crippen LogP contribution in [0.15, 0.2) is 0 Å². The minimum Gasteiger partial charge on any atom is -0.392 e. The van der Waals surface area contributed by atoms with E-state index in [0.29, 0.717) is 25.9 Å². The molecular formula is C60H120N4O5. The lowest BCUT2D eigenvalue weighted by molar-refractivity contribution is -0.137. The molecule has 0 radical (unpaired) electrons. The Kier molecular flexibility index (Phi) is 46.7. The number of carbonyl (C=O) groups excluding carboxylic acids is 2. The number of aliphatic hydroxyl groups is 3. The van der Waals surface area contributed by atoms with Gasteiger partial charge < -0.3 is 30.9 Å². The summed E-state index contributed by atoms with van der Waals surface area (Å²) in [5.41, 5.74) is 0. The number of piperazine rings is 1. The lowest BCUT2D eigenvalue weighted by Gasteiger charge is -2.30. The summed E-state index contributed by atoms with van der Waals surface area (Å²) in [6.07, 6.45) is 49.5. The molecule has 2 amide bonds. The van der Waals surface area contributed by atoms with Gasteiger partial charge >= 0.3 is 0 Å². The minimum atomic E-state index is -0.513. The van der Waals surface area contributed by atoms with Crippen molar-refractivity contribution in [3.8, 4) is 0 Å². The molecule has 0 aromatic heterocycles. The second-order valence-electron chi connectivity index (χ2n) is 22.1. The van der Waals surface area contributed by atoms with E-state index < -0.39 is 24.3 Å². The van der Waals surface area contributed by atoms with Crippen LogP contribution in [0.2, 0.25) is 0 Å². The van der Waals surface area contributed by atoms with E-state index in [0.717, 1.165) is 90.4 Å². The fraction of sp³-hybridized carbons (Fsp3) is 0.967. The van der Waals surface area contributed by atoms with Crippen molar-refractivity contribution in [3.63, 3.8) is 0 Å². The summed E-state index contributed by atoms with van der Waals surface area (Å²) in [4.78, 5) is 31.3. The zero-order chi connectivity index (χ0) is 50.3. The molecule has 0 saturated carbocycles. The number of carbonyl (C=O) groups is 2. The van der Waals surface area contributed by atoms with Gasteiger partial charge in [0.25, 0.3) is 0 Å². The van der Waals surface area contributed by atoms with Gasteiger partial charge in [-0.15, -0.1) is 0 Å². The van der Waals surface area contributed by atoms with Crippen LogP contribution < -0.4 is 10.6 Å². The van der Waals surface area contributed by atoms with Crippen molar-refractivity contribution in [1.29, 1.82) is 0 Å². The number of hydrogen-bond donors (Lipinski definition) is 5. The molecule has 1 aliphatic heterocycles. The van der Waals surface area contributed by atoms with E-state index in [-0.39, 0.29) is 17.9 Å². The van der Waals surface area contributed by atoms with E-state index >= 15 is 0 Å². The smallest absolute Gasteiger partial charge is 0.243 e. The molecule has 9 nitrogen and oxygen atoms in total. The Balaban J connectivity index is 2.56. The van der Waals surface area contributed by atoms with Crippen molar-refractivity contribution < 1.29 is 24.9 Å². The second kappa shape index (κ2) is 49.0. The van der Waals surface area contributed by atoms with Crippen LogP contribution in [-0.2, 0) is 9.59 Å². The molecule has 1 aliphatic rings. The summed E-state index contributed by atoms with van der Waals surface area (Å²) in [7, 11) is 0. The molecule has 1 heterocycles. The van der Waals surface area contributed by atoms with Crippen LogP contribution in [0.25, 0.3) is 0 Å². The number of aliphatic hydroxyl groups excluding tert-OH is 3. The fourth-order valence-corrected chi connectivity index (χ4v) is 10.5. The molecule has 2 unspecified atom stereocenters. The van der Waals surface area contributed by atoms with Gasteiger partial charge in [-0.2, -0.15) is 0 Å². The Labute approximate surface area is 429 Å². The molecule has 0 aromatic rings. The maximum atomic E-state index is 13.3. The van der Waals surface area contributed by atoms with Crippen LogP contribution >= 0.6 is 0 Å². The molecule has 0 aromatic carbocycles. The molecule has 1 rings (SSSR count). The molecule has 0 spiro atoms. The molecule has 1 saturated heterocycles. The number of nitrogens with zero attached hydrogens (tertiary/aromatic N) is 2. The number of hydrogen-bond acceptors (Lipinski definition) is 7. The third-order valence-electron chi connectivity index (χ3n) is 15.1. The van der Waals surface area contributed by atoms with Gasteiger partial charge in [-0.3, -0.25) is 14.5 Å². The van der Waals surface area contributed by atoms with Crippen LogP contribution in [0, 0.1) is 0 Å². The van der Waals surface area contributed by atoms with Crippen molar-refractivity contribution in [2.24, 2.45) is 0 Å². The van der Waals surface area contributed by atoms with Crippen molar-refractivity contribution in [3.05, 3.63) is 0 Å². The van der Waals surface area contributed by atoms with Crippen LogP contribution in [0.3, 0.4) is 0 Å². The summed E-state index contributed by atoms with van der Waals surface area (Å²) >= 11 is 0. The third-order valence-corrected chi connectivity index (χ3v) is 15.1. The van der Waals surface area contributed by atoms with Crippen molar-refractivity contribution in [2.45, 2.75) is 334 Å². The van der Waals surface area contributed by atoms with E-state index in [9.17, 15) is 24.9 Å². The Morgan fingerprint density at radius 2 is 0.565 bits per heavy atom. The van der Waals surface area contributed by atoms with Gasteiger partial charge in [0.1, 0.15) is 12.1 Å². The standard InChI is InChI=1S/C60H120N4O5/c1-5-9-13-17-21-25-26-30-34-40-48-63(51-54(65)43-35-31-27-22-18-14-10-6-2)49-41-38-46-57-59(68)62-58(60(69)61-57)47-39-42-50-64(52-55(66)44-36-32-28-23-19-15-11-7-3)53-56(67)45-37-33-29-24-20-16-12-8-4/h54-58,65-67H,5-53H2,1-4H3,(H,61,69)(H,62,68)/t54-,55-,56-,57?,58?/m1/s1. The zero-order valence-electron chi connectivity index (χ0n) is 46.6. The Bertz CT molecular complexity index is 1090. The van der Waals surface area contributed by atoms with Gasteiger partial charge in [0.15, 0.2) is 0 Å². The average molecular weight is 978 g/mol. The highest BCUT2D eigenvalue weighted by Crippen LogP contribution is 2.18. The van der Waals surface area contributed by atoms with Crippen LogP contribution in [0.4, 0.5) is 0 Å². The first-order valence-corrected chi connectivity index (χ1v) is 30.8. The fourth-order valence-electron chi connectivity index (χ4n) is 10.5. The predicted molar refractivity (Wildman–Crippen MR) is 296 cm³/mol. The molecular weight excluding hydrogens is 857 g/mol. The summed E-state index contributed by atoms with van der Waals surface area (Å²) < 4.78 is 0. The second-order valence-corrected chi connectivity index (χ2v) is 22.1. The minimum absolute atomic E-state index is 0.0719. The maximum Gasteiger partial charge on any atom is 0.243 e. The van der Waals surface area contributed by atoms with Gasteiger partial charge in [-0.05, 0) is 83.8 Å². The van der Waals surface area contributed by atoms with Crippen molar-refractivity contribution >= 4 is 11.8 Å². The zero-order valence-corrected chi connectivity index (χ0v) is 46.6. The molecule has 1 fully saturated rings. The SMILES string of the molecule is CCCCCCCCCCCCN(CCCCC1NC(=O)C(CCCCN(C[C@H](O)CCCCCCCCCC)C[C@H](O)CCCCCCCCCC)NC1=O)C[C@H](O)CCCCCCCCCC. The highest BCUT2D eigenvalue weighted by atomic mass is 16.3. The van der Waals surface area contributed by atoms with Crippen LogP contribution in [-0.4, -0.2) is 107 Å². The van der Waals surface area contributed by atoms with E-state index in [1.165, 1.54) is 199 Å². The lowest BCUT2D eigenvalue weighted by atomic mass is 10.0. The largest absolute Gasteiger partial charge is 0.392 e. The van der Waals surface area contributed by atoms with Crippen molar-refractivity contribution in [2.75, 3.05) is 39.3 Å². The van der Waals surface area contributed by atoms with Crippen molar-refractivity contribution in [1.82, 2.24) is 20.4 Å². The van der Waals surface area contributed by atoms with E-state index in [1.807, 2.05) is 0 Å². The number of amides is 2. The molecule has 69 heavy (non-hydrogen) atoms. The average Bonchev–Trinajstić information content (AvgIpc) is 3.33. The Morgan fingerprint density at radius 1 is 0.333 bits per heavy atom. The summed E-state index contributed by atoms with van der Waals surface area (Å²) in [6, 6.07) is -1.00. The molecule has 9 heteroatoms. The quantitative estimate of drug-likeness (QED) is 0.0384. The first kappa shape index (κ1) is 65.8. The highest BCUT2D eigenvalue weighted by molar-refractivity contribution is 5.96. The van der Waals surface area contributed by atoms with E-state index in [1.54, 1.807) is 0 Å². The first-order valence-electron chi connectivity index (χ1n) is 30.8. The van der Waals surface area contributed by atoms with E-state index in [2.05, 4.69) is 48.1 Å². The van der Waals surface area contributed by atoms with E-state index in [4.69, 9.17) is 0 Å². The maximum absolute atomic E-state index is 13.3. The molecule has 0 bridgehead atoms. The molecule has 410 valence electrons. The van der Waals surface area contributed by atoms with Gasteiger partial charge in [0, 0.05) is 19.6 Å². The molecule has 5 N–H and O–H groups in total. The van der Waals surface area contributed by atoms with Crippen LogP contribution in [0.5, 0.6) is 0 Å². The third kappa shape index (κ3) is 40.9. The number of nitrogens with one attached hydrogen (secondary N) is 2. The number of rotatable bonds is 54. The molecule has 5 atom stereocenters. The van der Waals surface area contributed by atoms with Gasteiger partial charge in [0.2, 0.25) is 11.8 Å². The predicted octanol–water partition coefficient (Wildman–Crippen LogP) is 14.5. The normalized spacial score (nSPS) is 16.7. The number of unbranched alkanes of at least 4 members (excludes halogenated alkanes) is 32. The topological polar surface area (TPSA) is 125 Å². The summed E-state index contributed by atoms with van der Waals surface area (Å²) in [5, 5.41) is 39.3. The van der Waals surface area contributed by atoms with Gasteiger partial charge in [-0.25, -0.2) is 0 Å². The van der Waals surface area contributed by atoms with Gasteiger partial charge in [0.05, 0.1) is 18.3 Å². The Hall–Kier alpha value is -1.26. The monoisotopic (exact) mass is 977 g/mol. The van der Waals surface area contributed by atoms with Gasteiger partial charge in [-0.1, -0.05) is 240 Å². The highest BCUT2D eigenvalue weighted by Gasteiger charge is 2.33. The summed E-state index contributed by atoms with van der Waals surface area (Å²) in [5.74, 6) is -0.151.